The van der Waals surface area contributed by atoms with Gasteiger partial charge in [0.1, 0.15) is 0 Å². The molecule has 2 saturated heterocycles. The Balaban J connectivity index is 1.27. The molecule has 3 aliphatic heterocycles. The van der Waals surface area contributed by atoms with Crippen LogP contribution in [-0.4, -0.2) is 59.2 Å². The highest BCUT2D eigenvalue weighted by Crippen LogP contribution is 2.26. The minimum absolute atomic E-state index is 0.127. The summed E-state index contributed by atoms with van der Waals surface area (Å²) in [6, 6.07) is 12.0. The Morgan fingerprint density at radius 2 is 1.85 bits per heavy atom. The van der Waals surface area contributed by atoms with E-state index in [0.29, 0.717) is 36.4 Å². The number of carbonyl (C=O) groups excluding carboxylic acids is 4. The molecule has 2 aromatic rings. The predicted octanol–water partition coefficient (Wildman–Crippen LogP) is 3.23. The maximum atomic E-state index is 12.9. The molecule has 2 fully saturated rings. The lowest BCUT2D eigenvalue weighted by molar-refractivity contribution is -0.133. The normalized spacial score (nSPS) is 20.1. The van der Waals surface area contributed by atoms with E-state index in [2.05, 4.69) is 5.32 Å². The van der Waals surface area contributed by atoms with Crippen LogP contribution in [0.15, 0.2) is 42.5 Å². The first-order valence-electron chi connectivity index (χ1n) is 11.8. The van der Waals surface area contributed by atoms with Gasteiger partial charge >= 0.3 is 0 Å². The Hall–Kier alpha value is -3.52. The lowest BCUT2D eigenvalue weighted by Gasteiger charge is -2.26. The maximum Gasteiger partial charge on any atom is 0.261 e. The first-order chi connectivity index (χ1) is 16.5. The first-order valence-corrected chi connectivity index (χ1v) is 11.8. The van der Waals surface area contributed by atoms with E-state index in [-0.39, 0.29) is 35.9 Å². The minimum Gasteiger partial charge on any atom is -0.376 e. The van der Waals surface area contributed by atoms with E-state index in [0.717, 1.165) is 37.8 Å². The molecule has 176 valence electrons. The molecule has 1 unspecified atom stereocenters. The van der Waals surface area contributed by atoms with E-state index in [1.54, 1.807) is 18.2 Å². The van der Waals surface area contributed by atoms with Gasteiger partial charge in [-0.2, -0.15) is 0 Å². The minimum atomic E-state index is -0.390. The van der Waals surface area contributed by atoms with Crippen LogP contribution in [0.4, 0.5) is 5.69 Å². The lowest BCUT2D eigenvalue weighted by Crippen LogP contribution is -2.36. The Morgan fingerprint density at radius 1 is 1.00 bits per heavy atom. The van der Waals surface area contributed by atoms with E-state index in [1.165, 1.54) is 11.0 Å². The van der Waals surface area contributed by atoms with E-state index >= 15 is 0 Å². The van der Waals surface area contributed by atoms with Gasteiger partial charge in [-0.15, -0.1) is 0 Å². The van der Waals surface area contributed by atoms with Crippen LogP contribution in [0.1, 0.15) is 68.7 Å². The van der Waals surface area contributed by atoms with Crippen LogP contribution in [0.3, 0.4) is 0 Å². The summed E-state index contributed by atoms with van der Waals surface area (Å²) in [6.07, 6.45) is 4.15. The van der Waals surface area contributed by atoms with E-state index in [9.17, 15) is 19.2 Å². The second kappa shape index (κ2) is 9.38. The number of rotatable bonds is 6. The van der Waals surface area contributed by atoms with Gasteiger partial charge in [-0.1, -0.05) is 12.1 Å². The fourth-order valence-electron chi connectivity index (χ4n) is 4.79. The molecular formula is C26H27N3O5. The van der Waals surface area contributed by atoms with Crippen molar-refractivity contribution in [1.29, 1.82) is 0 Å². The highest BCUT2D eigenvalue weighted by atomic mass is 16.5. The highest BCUT2D eigenvalue weighted by molar-refractivity contribution is 6.22. The van der Waals surface area contributed by atoms with Crippen molar-refractivity contribution >= 4 is 29.3 Å². The van der Waals surface area contributed by atoms with E-state index in [4.69, 9.17) is 4.74 Å². The summed E-state index contributed by atoms with van der Waals surface area (Å²) >= 11 is 0. The molecule has 1 atom stereocenters. The van der Waals surface area contributed by atoms with Crippen molar-refractivity contribution in [2.45, 2.75) is 44.8 Å². The highest BCUT2D eigenvalue weighted by Gasteiger charge is 2.38. The van der Waals surface area contributed by atoms with Crippen LogP contribution in [0, 0.1) is 0 Å². The van der Waals surface area contributed by atoms with Crippen LogP contribution < -0.4 is 5.32 Å². The van der Waals surface area contributed by atoms with E-state index in [1.807, 2.05) is 23.1 Å². The number of carbonyl (C=O) groups is 4. The van der Waals surface area contributed by atoms with Gasteiger partial charge in [0.2, 0.25) is 5.91 Å². The van der Waals surface area contributed by atoms with Crippen molar-refractivity contribution in [3.05, 3.63) is 64.7 Å². The van der Waals surface area contributed by atoms with Crippen LogP contribution in [0.25, 0.3) is 0 Å². The molecule has 0 bridgehead atoms. The molecule has 5 rings (SSSR count). The van der Waals surface area contributed by atoms with Crippen molar-refractivity contribution in [3.8, 4) is 0 Å². The Labute approximate surface area is 197 Å². The van der Waals surface area contributed by atoms with Gasteiger partial charge in [-0.05, 0) is 61.6 Å². The third-order valence-corrected chi connectivity index (χ3v) is 6.62. The number of ether oxygens (including phenoxy) is 1. The number of nitrogens with one attached hydrogen (secondary N) is 1. The van der Waals surface area contributed by atoms with Crippen LogP contribution in [0.5, 0.6) is 0 Å². The summed E-state index contributed by atoms with van der Waals surface area (Å²) in [5, 5.41) is 2.86. The van der Waals surface area contributed by atoms with Crippen LogP contribution >= 0.6 is 0 Å². The molecule has 34 heavy (non-hydrogen) atoms. The van der Waals surface area contributed by atoms with Crippen molar-refractivity contribution in [2.24, 2.45) is 0 Å². The summed E-state index contributed by atoms with van der Waals surface area (Å²) in [6.45, 7) is 2.15. The monoisotopic (exact) mass is 461 g/mol. The van der Waals surface area contributed by atoms with Crippen molar-refractivity contribution in [2.75, 3.05) is 25.0 Å². The topological polar surface area (TPSA) is 96.0 Å². The van der Waals surface area contributed by atoms with Gasteiger partial charge in [0, 0.05) is 37.4 Å². The number of amides is 4. The second-order valence-corrected chi connectivity index (χ2v) is 9.04. The van der Waals surface area contributed by atoms with Gasteiger partial charge in [-0.3, -0.25) is 24.1 Å². The molecule has 0 aliphatic carbocycles. The summed E-state index contributed by atoms with van der Waals surface area (Å²) in [5.41, 5.74) is 2.40. The number of hydrogen-bond donors (Lipinski definition) is 1. The van der Waals surface area contributed by atoms with Crippen LogP contribution in [-0.2, 0) is 16.1 Å². The first kappa shape index (κ1) is 22.3. The molecule has 3 heterocycles. The standard InChI is InChI=1S/C26H27N3O5/c30-23-8-1-2-11-28(23)15-17-5-3-6-19(13-17)27-24(31)18-9-10-21-22(14-18)26(33)29(25(21)32)16-20-7-4-12-34-20/h3,5-6,9-10,13-14,20H,1-2,4,7-8,11-12,15-16H2,(H,27,31). The number of likely N-dealkylation sites (tertiary alicyclic amines) is 1. The summed E-state index contributed by atoms with van der Waals surface area (Å²) in [7, 11) is 0. The Bertz CT molecular complexity index is 1150. The van der Waals surface area contributed by atoms with Gasteiger partial charge in [0.25, 0.3) is 17.7 Å². The third kappa shape index (κ3) is 4.46. The number of imide groups is 1. The van der Waals surface area contributed by atoms with Crippen molar-refractivity contribution < 1.29 is 23.9 Å². The fraction of sp³-hybridized carbons (Fsp3) is 0.385. The molecule has 1 N–H and O–H groups in total. The van der Waals surface area contributed by atoms with Gasteiger partial charge in [0.15, 0.2) is 0 Å². The van der Waals surface area contributed by atoms with Gasteiger partial charge in [0.05, 0.1) is 23.8 Å². The molecule has 2 aromatic carbocycles. The summed E-state index contributed by atoms with van der Waals surface area (Å²) in [5.74, 6) is -0.945. The average Bonchev–Trinajstić information content (AvgIpc) is 3.44. The number of piperidine rings is 1. The molecule has 8 nitrogen and oxygen atoms in total. The Kier molecular flexibility index (Phi) is 6.15. The molecular weight excluding hydrogens is 434 g/mol. The molecule has 0 spiro atoms. The van der Waals surface area contributed by atoms with Crippen LogP contribution in [0.2, 0.25) is 0 Å². The number of hydrogen-bond acceptors (Lipinski definition) is 5. The lowest BCUT2D eigenvalue weighted by atomic mass is 10.0. The third-order valence-electron chi connectivity index (χ3n) is 6.62. The largest absolute Gasteiger partial charge is 0.376 e. The number of anilines is 1. The molecule has 0 saturated carbocycles. The number of benzene rings is 2. The molecule has 8 heteroatoms. The Morgan fingerprint density at radius 3 is 2.65 bits per heavy atom. The van der Waals surface area contributed by atoms with Crippen molar-refractivity contribution in [3.63, 3.8) is 0 Å². The zero-order valence-electron chi connectivity index (χ0n) is 18.9. The second-order valence-electron chi connectivity index (χ2n) is 9.04. The summed E-state index contributed by atoms with van der Waals surface area (Å²) in [4.78, 5) is 53.7. The zero-order chi connectivity index (χ0) is 23.7. The SMILES string of the molecule is O=C(Nc1cccc(CN2CCCCC2=O)c1)c1ccc2c(c1)C(=O)N(CC1CCCO1)C2=O. The predicted molar refractivity (Wildman–Crippen MR) is 124 cm³/mol. The van der Waals surface area contributed by atoms with Gasteiger partial charge < -0.3 is 15.0 Å². The number of nitrogens with zero attached hydrogens (tertiary/aromatic N) is 2. The molecule has 4 amide bonds. The van der Waals surface area contributed by atoms with E-state index < -0.39 is 5.91 Å². The quantitative estimate of drug-likeness (QED) is 0.667. The molecule has 0 radical (unpaired) electrons. The smallest absolute Gasteiger partial charge is 0.261 e. The molecule has 0 aromatic heterocycles. The number of fused-ring (bicyclic) bond motifs is 1. The maximum absolute atomic E-state index is 12.9. The summed E-state index contributed by atoms with van der Waals surface area (Å²) < 4.78 is 5.57. The zero-order valence-corrected chi connectivity index (χ0v) is 18.9. The average molecular weight is 462 g/mol. The van der Waals surface area contributed by atoms with Crippen molar-refractivity contribution in [1.82, 2.24) is 9.80 Å². The van der Waals surface area contributed by atoms with Gasteiger partial charge in [-0.25, -0.2) is 0 Å². The fourth-order valence-corrected chi connectivity index (χ4v) is 4.79. The molecule has 3 aliphatic rings.